The van der Waals surface area contributed by atoms with Crippen LogP contribution in [0.3, 0.4) is 0 Å². The van der Waals surface area contributed by atoms with Crippen molar-refractivity contribution in [3.05, 3.63) is 84.0 Å². The average Bonchev–Trinajstić information content (AvgIpc) is 3.46. The summed E-state index contributed by atoms with van der Waals surface area (Å²) in [6.07, 6.45) is 2.03. The summed E-state index contributed by atoms with van der Waals surface area (Å²) in [4.78, 5) is 19.6. The predicted octanol–water partition coefficient (Wildman–Crippen LogP) is 5.55. The molecule has 1 fully saturated rings. The van der Waals surface area contributed by atoms with Gasteiger partial charge in [0, 0.05) is 12.1 Å². The molecule has 1 aromatic heterocycles. The number of ether oxygens (including phenoxy) is 1. The molecule has 0 bridgehead atoms. The number of likely N-dealkylation sites (tertiary alicyclic amines) is 1. The molecule has 0 aliphatic carbocycles. The molecular formula is C26H23FN2O3. The number of hydrogen-bond donors (Lipinski definition) is 0. The number of amides is 1. The Labute approximate surface area is 185 Å². The van der Waals surface area contributed by atoms with Crippen LogP contribution in [0.25, 0.3) is 22.2 Å². The summed E-state index contributed by atoms with van der Waals surface area (Å²) in [5.74, 6) is 1.07. The van der Waals surface area contributed by atoms with Crippen LogP contribution >= 0.6 is 0 Å². The highest BCUT2D eigenvalue weighted by Crippen LogP contribution is 2.35. The van der Waals surface area contributed by atoms with Crippen molar-refractivity contribution in [2.75, 3.05) is 13.7 Å². The fraction of sp³-hybridized carbons (Fsp3) is 0.231. The van der Waals surface area contributed by atoms with E-state index in [4.69, 9.17) is 9.15 Å². The SMILES string of the molecule is COc1ccc(CC(=O)N2CCCC2c2nc3cc(-c4ccccc4F)ccc3o2)cc1. The molecule has 0 radical (unpaired) electrons. The maximum Gasteiger partial charge on any atom is 0.227 e. The van der Waals surface area contributed by atoms with Crippen molar-refractivity contribution in [1.29, 1.82) is 0 Å². The number of carbonyl (C=O) groups is 1. The maximum atomic E-state index is 14.2. The second kappa shape index (κ2) is 8.46. The highest BCUT2D eigenvalue weighted by Gasteiger charge is 2.33. The largest absolute Gasteiger partial charge is 0.497 e. The van der Waals surface area contributed by atoms with Crippen LogP contribution in [0.1, 0.15) is 30.3 Å². The molecule has 0 N–H and O–H groups in total. The predicted molar refractivity (Wildman–Crippen MR) is 120 cm³/mol. The number of halogens is 1. The molecule has 0 saturated carbocycles. The lowest BCUT2D eigenvalue weighted by atomic mass is 10.0. The van der Waals surface area contributed by atoms with Crippen molar-refractivity contribution >= 4 is 17.0 Å². The van der Waals surface area contributed by atoms with Gasteiger partial charge in [-0.3, -0.25) is 4.79 Å². The average molecular weight is 430 g/mol. The monoisotopic (exact) mass is 430 g/mol. The first-order chi connectivity index (χ1) is 15.6. The fourth-order valence-corrected chi connectivity index (χ4v) is 4.29. The number of methoxy groups -OCH3 is 1. The number of benzene rings is 3. The Morgan fingerprint density at radius 2 is 1.97 bits per heavy atom. The van der Waals surface area contributed by atoms with Crippen LogP contribution in [0.4, 0.5) is 4.39 Å². The molecular weight excluding hydrogens is 407 g/mol. The minimum atomic E-state index is -0.276. The number of hydrogen-bond acceptors (Lipinski definition) is 4. The van der Waals surface area contributed by atoms with Crippen LogP contribution < -0.4 is 4.74 Å². The van der Waals surface area contributed by atoms with E-state index in [1.54, 1.807) is 19.2 Å². The summed E-state index contributed by atoms with van der Waals surface area (Å²) in [6.45, 7) is 0.679. The minimum absolute atomic E-state index is 0.0481. The van der Waals surface area contributed by atoms with Crippen LogP contribution in [0.2, 0.25) is 0 Å². The quantitative estimate of drug-likeness (QED) is 0.417. The Morgan fingerprint density at radius 3 is 2.75 bits per heavy atom. The summed E-state index contributed by atoms with van der Waals surface area (Å²) < 4.78 is 25.4. The third-order valence-electron chi connectivity index (χ3n) is 5.96. The van der Waals surface area contributed by atoms with Crippen LogP contribution in [0.15, 0.2) is 71.1 Å². The Kier molecular flexibility index (Phi) is 5.35. The molecule has 162 valence electrons. The van der Waals surface area contributed by atoms with Crippen LogP contribution in [-0.2, 0) is 11.2 Å². The zero-order valence-corrected chi connectivity index (χ0v) is 17.8. The van der Waals surface area contributed by atoms with Crippen molar-refractivity contribution in [2.24, 2.45) is 0 Å². The normalized spacial score (nSPS) is 15.9. The number of rotatable bonds is 5. The first-order valence-electron chi connectivity index (χ1n) is 10.7. The van der Waals surface area contributed by atoms with E-state index in [1.807, 2.05) is 53.4 Å². The molecule has 5 rings (SSSR count). The number of nitrogens with zero attached hydrogens (tertiary/aromatic N) is 2. The molecule has 1 unspecified atom stereocenters. The van der Waals surface area contributed by atoms with E-state index in [1.165, 1.54) is 6.07 Å². The Hall–Kier alpha value is -3.67. The van der Waals surface area contributed by atoms with Gasteiger partial charge in [-0.2, -0.15) is 0 Å². The van der Waals surface area contributed by atoms with Crippen LogP contribution in [0, 0.1) is 5.82 Å². The van der Waals surface area contributed by atoms with Gasteiger partial charge in [0.05, 0.1) is 13.5 Å². The van der Waals surface area contributed by atoms with Gasteiger partial charge < -0.3 is 14.1 Å². The Balaban J connectivity index is 1.38. The van der Waals surface area contributed by atoms with E-state index >= 15 is 0 Å². The third-order valence-corrected chi connectivity index (χ3v) is 5.96. The third kappa shape index (κ3) is 3.84. The summed E-state index contributed by atoms with van der Waals surface area (Å²) in [5.41, 5.74) is 3.50. The molecule has 3 aromatic carbocycles. The zero-order valence-electron chi connectivity index (χ0n) is 17.8. The highest BCUT2D eigenvalue weighted by atomic mass is 19.1. The molecule has 4 aromatic rings. The van der Waals surface area contributed by atoms with Gasteiger partial charge in [-0.05, 0) is 54.3 Å². The molecule has 1 atom stereocenters. The number of fused-ring (bicyclic) bond motifs is 1. The van der Waals surface area contributed by atoms with Gasteiger partial charge in [0.1, 0.15) is 23.1 Å². The Morgan fingerprint density at radius 1 is 1.16 bits per heavy atom. The summed E-state index contributed by atoms with van der Waals surface area (Å²) in [6, 6.07) is 19.5. The zero-order chi connectivity index (χ0) is 22.1. The van der Waals surface area contributed by atoms with Crippen LogP contribution in [-0.4, -0.2) is 29.4 Å². The molecule has 1 aliphatic rings. The van der Waals surface area contributed by atoms with Gasteiger partial charge in [-0.25, -0.2) is 9.37 Å². The molecule has 32 heavy (non-hydrogen) atoms. The molecule has 1 aliphatic heterocycles. The number of carbonyl (C=O) groups excluding carboxylic acids is 1. The molecule has 2 heterocycles. The molecule has 1 amide bonds. The van der Waals surface area contributed by atoms with Crippen molar-refractivity contribution in [1.82, 2.24) is 9.88 Å². The van der Waals surface area contributed by atoms with Gasteiger partial charge in [0.15, 0.2) is 5.58 Å². The standard InChI is InChI=1S/C26H23FN2O3/c1-31-19-11-8-17(9-12-19)15-25(30)29-14-4-7-23(29)26-28-22-16-18(10-13-24(22)32-26)20-5-2-3-6-21(20)27/h2-3,5-6,8-13,16,23H,4,7,14-15H2,1H3. The minimum Gasteiger partial charge on any atom is -0.497 e. The van der Waals surface area contributed by atoms with Gasteiger partial charge in [0.2, 0.25) is 11.8 Å². The summed E-state index contributed by atoms with van der Waals surface area (Å²) in [7, 11) is 1.62. The van der Waals surface area contributed by atoms with Crippen molar-refractivity contribution in [3.8, 4) is 16.9 Å². The first kappa shape index (κ1) is 20.2. The van der Waals surface area contributed by atoms with E-state index in [-0.39, 0.29) is 17.8 Å². The second-order valence-electron chi connectivity index (χ2n) is 7.98. The van der Waals surface area contributed by atoms with E-state index < -0.39 is 0 Å². The van der Waals surface area contributed by atoms with E-state index in [0.29, 0.717) is 35.5 Å². The van der Waals surface area contributed by atoms with E-state index in [9.17, 15) is 9.18 Å². The summed E-state index contributed by atoms with van der Waals surface area (Å²) >= 11 is 0. The van der Waals surface area contributed by atoms with Crippen LogP contribution in [0.5, 0.6) is 5.75 Å². The van der Waals surface area contributed by atoms with Gasteiger partial charge in [0.25, 0.3) is 0 Å². The van der Waals surface area contributed by atoms with Gasteiger partial charge in [-0.15, -0.1) is 0 Å². The maximum absolute atomic E-state index is 14.2. The number of oxazole rings is 1. The molecule has 0 spiro atoms. The topological polar surface area (TPSA) is 55.6 Å². The lowest BCUT2D eigenvalue weighted by molar-refractivity contribution is -0.131. The van der Waals surface area contributed by atoms with E-state index in [0.717, 1.165) is 29.7 Å². The van der Waals surface area contributed by atoms with E-state index in [2.05, 4.69) is 4.98 Å². The van der Waals surface area contributed by atoms with Crippen molar-refractivity contribution < 1.29 is 18.3 Å². The van der Waals surface area contributed by atoms with Crippen molar-refractivity contribution in [2.45, 2.75) is 25.3 Å². The summed E-state index contributed by atoms with van der Waals surface area (Å²) in [5, 5.41) is 0. The Bertz CT molecular complexity index is 1270. The van der Waals surface area contributed by atoms with Gasteiger partial charge in [-0.1, -0.05) is 36.4 Å². The molecule has 5 nitrogen and oxygen atoms in total. The highest BCUT2D eigenvalue weighted by molar-refractivity contribution is 5.81. The number of aromatic nitrogens is 1. The first-order valence-corrected chi connectivity index (χ1v) is 10.7. The lowest BCUT2D eigenvalue weighted by Crippen LogP contribution is -2.32. The fourth-order valence-electron chi connectivity index (χ4n) is 4.29. The second-order valence-corrected chi connectivity index (χ2v) is 7.98. The smallest absolute Gasteiger partial charge is 0.227 e. The molecule has 6 heteroatoms. The lowest BCUT2D eigenvalue weighted by Gasteiger charge is -2.22. The molecule has 1 saturated heterocycles. The van der Waals surface area contributed by atoms with Crippen molar-refractivity contribution in [3.63, 3.8) is 0 Å². The van der Waals surface area contributed by atoms with Gasteiger partial charge >= 0.3 is 0 Å².